The topological polar surface area (TPSA) is 73.7 Å². The van der Waals surface area contributed by atoms with E-state index in [4.69, 9.17) is 9.90 Å². The van der Waals surface area contributed by atoms with Gasteiger partial charge in [-0.25, -0.2) is 9.78 Å². The lowest BCUT2D eigenvalue weighted by Gasteiger charge is -2.53. The van der Waals surface area contributed by atoms with Crippen molar-refractivity contribution in [2.24, 2.45) is 5.41 Å². The van der Waals surface area contributed by atoms with Crippen molar-refractivity contribution >= 4 is 23.2 Å². The van der Waals surface area contributed by atoms with Crippen molar-refractivity contribution in [1.29, 1.82) is 0 Å². The Morgan fingerprint density at radius 1 is 1.03 bits per heavy atom. The molecule has 1 N–H and O–H groups in total. The van der Waals surface area contributed by atoms with E-state index in [-0.39, 0.29) is 11.3 Å². The number of likely N-dealkylation sites (tertiary alicyclic amines) is 2. The minimum atomic E-state index is -5.08. The molecule has 0 atom stereocenters. The van der Waals surface area contributed by atoms with E-state index in [0.29, 0.717) is 12.2 Å². The Bertz CT molecular complexity index is 977. The Hall–Kier alpha value is -2.67. The SMILES string of the molecule is O=C(O)C(F)(F)F.O=C(c1cscn1)N1CC2(CCN(Cc3ccc(C(F)(F)F)cc3)CC2)C1. The van der Waals surface area contributed by atoms with E-state index in [1.807, 2.05) is 4.90 Å². The second-order valence-electron chi connectivity index (χ2n) is 8.31. The largest absolute Gasteiger partial charge is 0.490 e. The molecule has 1 amide bonds. The highest BCUT2D eigenvalue weighted by atomic mass is 32.1. The quantitative estimate of drug-likeness (QED) is 0.616. The Morgan fingerprint density at radius 3 is 2.03 bits per heavy atom. The van der Waals surface area contributed by atoms with Crippen LogP contribution in [-0.2, 0) is 17.5 Å². The number of carboxylic acid groups (broad SMARTS) is 1. The molecule has 2 aromatic rings. The summed E-state index contributed by atoms with van der Waals surface area (Å²) in [6, 6.07) is 5.42. The Balaban J connectivity index is 0.000000406. The molecule has 0 radical (unpaired) electrons. The van der Waals surface area contributed by atoms with Crippen molar-refractivity contribution in [2.75, 3.05) is 26.2 Å². The number of rotatable bonds is 3. The van der Waals surface area contributed by atoms with Crippen LogP contribution >= 0.6 is 11.3 Å². The number of carboxylic acids is 1. The number of aliphatic carboxylic acids is 1. The number of benzene rings is 1. The maximum absolute atomic E-state index is 12.6. The maximum atomic E-state index is 12.6. The van der Waals surface area contributed by atoms with Gasteiger partial charge in [0.2, 0.25) is 0 Å². The van der Waals surface area contributed by atoms with Crippen LogP contribution in [-0.4, -0.2) is 64.1 Å². The van der Waals surface area contributed by atoms with Crippen LogP contribution in [0.4, 0.5) is 26.3 Å². The molecule has 3 heterocycles. The van der Waals surface area contributed by atoms with Crippen LogP contribution in [0.15, 0.2) is 35.2 Å². The molecular formula is C21H21F6N3O3S. The van der Waals surface area contributed by atoms with Gasteiger partial charge < -0.3 is 10.0 Å². The second-order valence-corrected chi connectivity index (χ2v) is 9.03. The number of aromatic nitrogens is 1. The third-order valence-corrected chi connectivity index (χ3v) is 6.42. The van der Waals surface area contributed by atoms with Crippen LogP contribution in [0.1, 0.15) is 34.5 Å². The Kier molecular flexibility index (Phi) is 7.56. The number of piperidine rings is 1. The number of carbonyl (C=O) groups excluding carboxylic acids is 1. The lowest BCUT2D eigenvalue weighted by Crippen LogP contribution is -2.61. The number of halogens is 6. The van der Waals surface area contributed by atoms with E-state index >= 15 is 0 Å². The van der Waals surface area contributed by atoms with Crippen molar-refractivity contribution in [3.05, 3.63) is 52.0 Å². The van der Waals surface area contributed by atoms with Crippen molar-refractivity contribution in [3.63, 3.8) is 0 Å². The molecule has 2 saturated heterocycles. The van der Waals surface area contributed by atoms with Crippen LogP contribution < -0.4 is 0 Å². The fourth-order valence-electron chi connectivity index (χ4n) is 3.95. The van der Waals surface area contributed by atoms with Crippen LogP contribution in [0.2, 0.25) is 0 Å². The fraction of sp³-hybridized carbons (Fsp3) is 0.476. The number of hydrogen-bond donors (Lipinski definition) is 1. The number of hydrogen-bond acceptors (Lipinski definition) is 5. The van der Waals surface area contributed by atoms with E-state index in [9.17, 15) is 31.1 Å². The van der Waals surface area contributed by atoms with E-state index in [0.717, 1.165) is 56.7 Å². The van der Waals surface area contributed by atoms with Crippen LogP contribution in [0.25, 0.3) is 0 Å². The third-order valence-electron chi connectivity index (χ3n) is 5.84. The van der Waals surface area contributed by atoms with E-state index in [2.05, 4.69) is 9.88 Å². The molecule has 1 aromatic heterocycles. The van der Waals surface area contributed by atoms with E-state index in [1.165, 1.54) is 11.3 Å². The highest BCUT2D eigenvalue weighted by Crippen LogP contribution is 2.41. The third kappa shape index (κ3) is 6.47. The number of amides is 1. The molecule has 13 heteroatoms. The summed E-state index contributed by atoms with van der Waals surface area (Å²) in [6.45, 7) is 4.02. The van der Waals surface area contributed by atoms with Crippen LogP contribution in [0.3, 0.4) is 0 Å². The summed E-state index contributed by atoms with van der Waals surface area (Å²) >= 11 is 1.42. The van der Waals surface area contributed by atoms with Gasteiger partial charge in [0.05, 0.1) is 11.1 Å². The molecule has 186 valence electrons. The predicted molar refractivity (Wildman–Crippen MR) is 110 cm³/mol. The minimum absolute atomic E-state index is 0.00839. The first-order valence-electron chi connectivity index (χ1n) is 10.2. The summed E-state index contributed by atoms with van der Waals surface area (Å²) in [6.07, 6.45) is -7.36. The molecule has 6 nitrogen and oxygen atoms in total. The summed E-state index contributed by atoms with van der Waals surface area (Å²) in [5, 5.41) is 8.90. The summed E-state index contributed by atoms with van der Waals surface area (Å²) in [7, 11) is 0. The molecule has 1 spiro atoms. The standard InChI is InChI=1S/C19H20F3N3OS.C2HF3O2/c20-19(21,22)15-3-1-14(2-4-15)9-24-7-5-18(6-8-24)11-25(12-18)17(26)16-10-27-13-23-16;3-2(4,5)1(6)7/h1-4,10,13H,5-9,11-12H2;(H,6,7). The summed E-state index contributed by atoms with van der Waals surface area (Å²) in [4.78, 5) is 29.4. The number of nitrogens with zero attached hydrogens (tertiary/aromatic N) is 3. The van der Waals surface area contributed by atoms with Crippen molar-refractivity contribution in [2.45, 2.75) is 31.7 Å². The van der Waals surface area contributed by atoms with Crippen molar-refractivity contribution in [3.8, 4) is 0 Å². The monoisotopic (exact) mass is 509 g/mol. The molecule has 2 aliphatic rings. The van der Waals surface area contributed by atoms with Gasteiger partial charge in [0.1, 0.15) is 5.69 Å². The average molecular weight is 509 g/mol. The lowest BCUT2D eigenvalue weighted by atomic mass is 9.72. The van der Waals surface area contributed by atoms with Crippen molar-refractivity contribution < 1.29 is 41.0 Å². The Labute approximate surface area is 194 Å². The highest BCUT2D eigenvalue weighted by Gasteiger charge is 2.47. The van der Waals surface area contributed by atoms with Gasteiger partial charge in [0, 0.05) is 30.4 Å². The smallest absolute Gasteiger partial charge is 0.475 e. The van der Waals surface area contributed by atoms with Crippen LogP contribution in [0, 0.1) is 5.41 Å². The van der Waals surface area contributed by atoms with Gasteiger partial charge >= 0.3 is 18.3 Å². The summed E-state index contributed by atoms with van der Waals surface area (Å²) < 4.78 is 69.7. The Morgan fingerprint density at radius 2 is 1.59 bits per heavy atom. The van der Waals surface area contributed by atoms with Gasteiger partial charge in [0.15, 0.2) is 0 Å². The van der Waals surface area contributed by atoms with E-state index < -0.39 is 23.9 Å². The normalized spacial score (nSPS) is 18.1. The zero-order valence-electron chi connectivity index (χ0n) is 17.7. The van der Waals surface area contributed by atoms with Gasteiger partial charge in [-0.05, 0) is 43.6 Å². The number of alkyl halides is 6. The first kappa shape index (κ1) is 25.9. The maximum Gasteiger partial charge on any atom is 0.490 e. The number of thiazole rings is 1. The van der Waals surface area contributed by atoms with Crippen molar-refractivity contribution in [1.82, 2.24) is 14.8 Å². The molecule has 2 fully saturated rings. The van der Waals surface area contributed by atoms with Gasteiger partial charge in [0.25, 0.3) is 5.91 Å². The first-order chi connectivity index (χ1) is 15.8. The summed E-state index contributed by atoms with van der Waals surface area (Å²) in [5.41, 5.74) is 2.68. The zero-order valence-corrected chi connectivity index (χ0v) is 18.5. The molecule has 0 unspecified atom stereocenters. The van der Waals surface area contributed by atoms with E-state index in [1.54, 1.807) is 23.0 Å². The molecule has 0 bridgehead atoms. The second kappa shape index (κ2) is 9.90. The number of carbonyl (C=O) groups is 2. The van der Waals surface area contributed by atoms with Gasteiger partial charge in [-0.15, -0.1) is 11.3 Å². The minimum Gasteiger partial charge on any atom is -0.475 e. The van der Waals surface area contributed by atoms with Gasteiger partial charge in [-0.1, -0.05) is 12.1 Å². The molecular weight excluding hydrogens is 488 g/mol. The summed E-state index contributed by atoms with van der Waals surface area (Å²) in [5.74, 6) is -2.75. The van der Waals surface area contributed by atoms with Gasteiger partial charge in [-0.3, -0.25) is 9.69 Å². The molecule has 2 aliphatic heterocycles. The molecule has 34 heavy (non-hydrogen) atoms. The predicted octanol–water partition coefficient (Wildman–Crippen LogP) is 4.53. The average Bonchev–Trinajstić information content (AvgIpc) is 3.27. The van der Waals surface area contributed by atoms with Crippen LogP contribution in [0.5, 0.6) is 0 Å². The first-order valence-corrected chi connectivity index (χ1v) is 11.1. The lowest BCUT2D eigenvalue weighted by molar-refractivity contribution is -0.192. The highest BCUT2D eigenvalue weighted by molar-refractivity contribution is 7.07. The molecule has 4 rings (SSSR count). The van der Waals surface area contributed by atoms with Gasteiger partial charge in [-0.2, -0.15) is 26.3 Å². The fourth-order valence-corrected chi connectivity index (χ4v) is 4.47. The zero-order chi connectivity index (χ0) is 25.1. The molecule has 0 saturated carbocycles. The molecule has 0 aliphatic carbocycles. The molecule has 1 aromatic carbocycles.